The summed E-state index contributed by atoms with van der Waals surface area (Å²) >= 11 is 0. The van der Waals surface area contributed by atoms with Crippen LogP contribution in [-0.2, 0) is 37.2 Å². The zero-order valence-electron chi connectivity index (χ0n) is 4.07. The van der Waals surface area contributed by atoms with Gasteiger partial charge in [-0.2, -0.15) is 0 Å². The maximum atomic E-state index is 8.69. The molecule has 0 aliphatic rings. The Morgan fingerprint density at radius 3 is 1.00 bits per heavy atom. The molecule has 0 fully saturated rings. The fourth-order valence-corrected chi connectivity index (χ4v) is 0. The molecule has 9 heteroatoms. The zero-order valence-corrected chi connectivity index (χ0v) is 8.68. The van der Waals surface area contributed by atoms with Gasteiger partial charge in [-0.3, -0.25) is 0 Å². The first kappa shape index (κ1) is 31.5. The Morgan fingerprint density at radius 1 is 1.00 bits per heavy atom. The van der Waals surface area contributed by atoms with E-state index in [1.165, 1.54) is 0 Å². The van der Waals surface area contributed by atoms with Crippen LogP contribution in [0.2, 0.25) is 0 Å². The Bertz CT molecular complexity index is 28.5. The van der Waals surface area contributed by atoms with Crippen molar-refractivity contribution < 1.29 is 56.3 Å². The average Bonchev–Trinajstić information content (AvgIpc) is 0.722. The third-order valence-corrected chi connectivity index (χ3v) is 0. The smallest absolute Gasteiger partial charge is 2.00 e. The minimum atomic E-state index is -5.36. The summed E-state index contributed by atoms with van der Waals surface area (Å²) in [5, 5.41) is 0. The second-order valence-electron chi connectivity index (χ2n) is 0.524. The van der Waals surface area contributed by atoms with Crippen LogP contribution in [0.4, 0.5) is 0 Å². The van der Waals surface area contributed by atoms with E-state index >= 15 is 0 Å². The second kappa shape index (κ2) is 12.1. The molecule has 0 aromatic carbocycles. The second-order valence-corrected chi connectivity index (χ2v) is 1.57. The van der Waals surface area contributed by atoms with Gasteiger partial charge in [-0.05, 0) is 0 Å². The SMILES string of the molecule is [Al+3].[O-2].[O-2].[O-][Si]([O-])([O-])O.[Zr+4]. The molecule has 0 spiro atoms. The fourth-order valence-electron chi connectivity index (χ4n) is 0. The largest absolute Gasteiger partial charge is 4.00 e. The van der Waals surface area contributed by atoms with Gasteiger partial charge in [0.15, 0.2) is 0 Å². The molecular formula is HAlO6SiZr. The van der Waals surface area contributed by atoms with Gasteiger partial charge in [0.1, 0.15) is 0 Å². The van der Waals surface area contributed by atoms with Gasteiger partial charge in [-0.1, -0.05) is 0 Å². The van der Waals surface area contributed by atoms with Crippen LogP contribution in [0.25, 0.3) is 0 Å². The van der Waals surface area contributed by atoms with Gasteiger partial charge in [-0.15, -0.1) is 9.05 Å². The van der Waals surface area contributed by atoms with Crippen molar-refractivity contribution in [2.45, 2.75) is 0 Å². The third kappa shape index (κ3) is 265. The summed E-state index contributed by atoms with van der Waals surface area (Å²) in [5.41, 5.74) is 0. The maximum Gasteiger partial charge on any atom is 4.00 e. The maximum absolute atomic E-state index is 8.69. The van der Waals surface area contributed by atoms with Gasteiger partial charge in [0, 0.05) is 0 Å². The van der Waals surface area contributed by atoms with E-state index in [-0.39, 0.29) is 54.5 Å². The van der Waals surface area contributed by atoms with Gasteiger partial charge in [-0.25, -0.2) is 0 Å². The molecule has 0 saturated carbocycles. The monoisotopic (exact) mass is 242 g/mol. The molecule has 0 amide bonds. The molecule has 0 saturated heterocycles. The minimum Gasteiger partial charge on any atom is -2.00 e. The molecule has 0 rings (SSSR count). The van der Waals surface area contributed by atoms with E-state index in [4.69, 9.17) is 19.2 Å². The molecule has 48 valence electrons. The molecular weight excluding hydrogens is 242 g/mol. The molecule has 0 radical (unpaired) electrons. The zero-order chi connectivity index (χ0) is 4.50. The first-order valence-corrected chi connectivity index (χ1v) is 2.51. The van der Waals surface area contributed by atoms with Crippen LogP contribution in [0.5, 0.6) is 0 Å². The molecule has 0 aromatic rings. The Kier molecular flexibility index (Phi) is 42.4. The molecule has 0 aliphatic carbocycles. The van der Waals surface area contributed by atoms with Crippen molar-refractivity contribution in [3.05, 3.63) is 0 Å². The predicted molar refractivity (Wildman–Crippen MR) is 15.1 cm³/mol. The number of hydrogen-bond acceptors (Lipinski definition) is 4. The molecule has 0 aliphatic heterocycles. The molecule has 0 aromatic heterocycles. The van der Waals surface area contributed by atoms with Crippen LogP contribution in [0.15, 0.2) is 0 Å². The Hall–Kier alpha value is 1.39. The van der Waals surface area contributed by atoms with Crippen LogP contribution >= 0.6 is 0 Å². The van der Waals surface area contributed by atoms with Crippen LogP contribution < -0.4 is 14.4 Å². The van der Waals surface area contributed by atoms with Crippen molar-refractivity contribution >= 4 is 26.4 Å². The van der Waals surface area contributed by atoms with E-state index in [1.807, 2.05) is 0 Å². The van der Waals surface area contributed by atoms with Gasteiger partial charge >= 0.3 is 43.6 Å². The van der Waals surface area contributed by atoms with E-state index < -0.39 is 9.05 Å². The van der Waals surface area contributed by atoms with Crippen molar-refractivity contribution in [2.24, 2.45) is 0 Å². The Morgan fingerprint density at radius 2 is 1.00 bits per heavy atom. The van der Waals surface area contributed by atoms with Crippen LogP contribution in [0.3, 0.4) is 0 Å². The average molecular weight is 243 g/mol. The Labute approximate surface area is 82.5 Å². The summed E-state index contributed by atoms with van der Waals surface area (Å²) in [6.07, 6.45) is 0. The fraction of sp³-hybridized carbons (Fsp3) is 0. The summed E-state index contributed by atoms with van der Waals surface area (Å²) in [6, 6.07) is 0. The van der Waals surface area contributed by atoms with Gasteiger partial charge in [0.2, 0.25) is 0 Å². The molecule has 0 atom stereocenters. The molecule has 6 nitrogen and oxygen atoms in total. The van der Waals surface area contributed by atoms with E-state index in [2.05, 4.69) is 0 Å². The normalized spacial score (nSPS) is 6.67. The van der Waals surface area contributed by atoms with Gasteiger partial charge < -0.3 is 30.1 Å². The summed E-state index contributed by atoms with van der Waals surface area (Å²) in [7, 11) is -5.36. The molecule has 0 heterocycles. The van der Waals surface area contributed by atoms with Crippen LogP contribution in [0, 0.1) is 0 Å². The first-order chi connectivity index (χ1) is 2.00. The third-order valence-electron chi connectivity index (χ3n) is 0. The van der Waals surface area contributed by atoms with Crippen LogP contribution in [0.1, 0.15) is 0 Å². The van der Waals surface area contributed by atoms with E-state index in [0.717, 1.165) is 0 Å². The van der Waals surface area contributed by atoms with Crippen molar-refractivity contribution in [2.75, 3.05) is 0 Å². The predicted octanol–water partition coefficient (Wildman–Crippen LogP) is -5.13. The summed E-state index contributed by atoms with van der Waals surface area (Å²) in [4.78, 5) is 33.1. The summed E-state index contributed by atoms with van der Waals surface area (Å²) in [6.45, 7) is 0. The molecule has 1 N–H and O–H groups in total. The molecule has 0 unspecified atom stereocenters. The topological polar surface area (TPSA) is 146 Å². The van der Waals surface area contributed by atoms with Crippen molar-refractivity contribution in [1.29, 1.82) is 0 Å². The number of rotatable bonds is 0. The van der Waals surface area contributed by atoms with E-state index in [0.29, 0.717) is 0 Å². The van der Waals surface area contributed by atoms with Gasteiger partial charge in [0.25, 0.3) is 0 Å². The van der Waals surface area contributed by atoms with Gasteiger partial charge in [0.05, 0.1) is 0 Å². The molecule has 9 heavy (non-hydrogen) atoms. The molecule has 0 bridgehead atoms. The minimum absolute atomic E-state index is 0. The quantitative estimate of drug-likeness (QED) is 0.424. The van der Waals surface area contributed by atoms with Crippen molar-refractivity contribution in [1.82, 2.24) is 0 Å². The summed E-state index contributed by atoms with van der Waals surface area (Å²) in [5.74, 6) is 0. The van der Waals surface area contributed by atoms with Crippen molar-refractivity contribution in [3.8, 4) is 0 Å². The number of hydrogen-bond donors (Lipinski definition) is 1. The Balaban J connectivity index is -0.0000000133. The first-order valence-electron chi connectivity index (χ1n) is 0.836. The van der Waals surface area contributed by atoms with E-state index in [1.54, 1.807) is 0 Å². The van der Waals surface area contributed by atoms with Crippen LogP contribution in [-0.4, -0.2) is 31.2 Å². The van der Waals surface area contributed by atoms with Crippen molar-refractivity contribution in [3.63, 3.8) is 0 Å². The standard InChI is InChI=1S/Al.HO4Si.2O.Zr/c;1-5(2,3)4;;;/h;1H;;;/q+3;-3;2*-2;+4. The summed E-state index contributed by atoms with van der Waals surface area (Å²) < 4.78 is 0. The van der Waals surface area contributed by atoms with E-state index in [9.17, 15) is 0 Å².